The third kappa shape index (κ3) is 5.62. The fourth-order valence-electron chi connectivity index (χ4n) is 4.36. The first-order valence-corrected chi connectivity index (χ1v) is 12.6. The first-order chi connectivity index (χ1) is 20.1. The van der Waals surface area contributed by atoms with E-state index in [-0.39, 0.29) is 5.70 Å². The summed E-state index contributed by atoms with van der Waals surface area (Å²) in [4.78, 5) is 12.7. The number of hydrogen-bond donors (Lipinski definition) is 2. The number of rotatable bonds is 11. The summed E-state index contributed by atoms with van der Waals surface area (Å²) in [5.74, 6) is 2.84. The summed E-state index contributed by atoms with van der Waals surface area (Å²) in [6.45, 7) is 0. The number of azo groups is 1. The lowest BCUT2D eigenvalue weighted by atomic mass is 10.0. The number of nitrogens with one attached hydrogen (secondary N) is 2. The number of anilines is 1. The average molecular weight is 553 g/mol. The van der Waals surface area contributed by atoms with Gasteiger partial charge in [0.05, 0.1) is 39.7 Å². The molecule has 1 aliphatic heterocycles. The Bertz CT molecular complexity index is 1620. The van der Waals surface area contributed by atoms with Gasteiger partial charge >= 0.3 is 5.91 Å². The van der Waals surface area contributed by atoms with Crippen molar-refractivity contribution in [3.63, 3.8) is 0 Å². The van der Waals surface area contributed by atoms with Gasteiger partial charge in [0.1, 0.15) is 22.9 Å². The van der Waals surface area contributed by atoms with E-state index in [0.29, 0.717) is 45.7 Å². The van der Waals surface area contributed by atoms with Crippen LogP contribution in [0.15, 0.2) is 101 Å². The van der Waals surface area contributed by atoms with E-state index in [2.05, 4.69) is 21.1 Å². The number of benzene rings is 4. The molecule has 0 bridgehead atoms. The minimum absolute atomic E-state index is 0.148. The molecule has 10 heteroatoms. The topological polar surface area (TPSA) is 112 Å². The largest absolute Gasteiger partial charge is 0.496 e. The average Bonchev–Trinajstić information content (AvgIpc) is 3.39. The van der Waals surface area contributed by atoms with Gasteiger partial charge < -0.3 is 29.1 Å². The highest BCUT2D eigenvalue weighted by atomic mass is 16.5. The maximum absolute atomic E-state index is 12.7. The molecule has 208 valence electrons. The maximum atomic E-state index is 12.7. The number of amides is 1. The third-order valence-electron chi connectivity index (χ3n) is 6.33. The SMILES string of the molecule is COc1ccc(NNC2=C(c3ccc(OC)c(OC)c3OC)N=NC2=O)cc1-c1ccc(Oc2ccccc2)cc1. The van der Waals surface area contributed by atoms with Crippen molar-refractivity contribution in [3.05, 3.63) is 96.2 Å². The van der Waals surface area contributed by atoms with Gasteiger partial charge in [0.15, 0.2) is 17.2 Å². The van der Waals surface area contributed by atoms with Gasteiger partial charge in [-0.05, 0) is 60.2 Å². The number of carbonyl (C=O) groups excluding carboxylic acids is 1. The summed E-state index contributed by atoms with van der Waals surface area (Å²) in [6, 6.07) is 26.3. The van der Waals surface area contributed by atoms with Crippen molar-refractivity contribution in [3.8, 4) is 45.6 Å². The summed E-state index contributed by atoms with van der Waals surface area (Å²) in [6.07, 6.45) is 0. The quantitative estimate of drug-likeness (QED) is 0.204. The van der Waals surface area contributed by atoms with E-state index >= 15 is 0 Å². The molecule has 1 heterocycles. The van der Waals surface area contributed by atoms with Crippen molar-refractivity contribution < 1.29 is 28.5 Å². The number of para-hydroxylation sites is 1. The standard InChI is InChI=1S/C31H28N4O6/c1-37-25-16-12-20(18-24(25)19-10-13-22(14-11-19)41-21-8-6-5-7-9-21)32-34-28-27(33-35-31(28)36)23-15-17-26(38-2)30(40-4)29(23)39-3/h5-18,32H,1-4H3,(H,34,35,36). The first-order valence-electron chi connectivity index (χ1n) is 12.6. The van der Waals surface area contributed by atoms with E-state index in [4.69, 9.17) is 23.7 Å². The zero-order chi connectivity index (χ0) is 28.8. The Labute approximate surface area is 237 Å². The predicted molar refractivity (Wildman–Crippen MR) is 155 cm³/mol. The molecule has 0 atom stereocenters. The van der Waals surface area contributed by atoms with Gasteiger partial charge in [0.2, 0.25) is 5.75 Å². The lowest BCUT2D eigenvalue weighted by Gasteiger charge is -2.17. The van der Waals surface area contributed by atoms with Crippen LogP contribution in [0, 0.1) is 0 Å². The Hall–Kier alpha value is -5.51. The van der Waals surface area contributed by atoms with Crippen LogP contribution in [0.4, 0.5) is 5.69 Å². The smallest absolute Gasteiger partial charge is 0.315 e. The zero-order valence-corrected chi connectivity index (χ0v) is 22.9. The Morgan fingerprint density at radius 2 is 1.29 bits per heavy atom. The molecule has 1 amide bonds. The molecule has 0 unspecified atom stereocenters. The molecular weight excluding hydrogens is 524 g/mol. The summed E-state index contributed by atoms with van der Waals surface area (Å²) in [7, 11) is 6.15. The van der Waals surface area contributed by atoms with E-state index in [9.17, 15) is 4.79 Å². The second kappa shape index (κ2) is 12.1. The molecule has 0 fully saturated rings. The maximum Gasteiger partial charge on any atom is 0.315 e. The molecule has 4 aromatic rings. The van der Waals surface area contributed by atoms with Gasteiger partial charge in [-0.3, -0.25) is 10.2 Å². The molecule has 0 radical (unpaired) electrons. The van der Waals surface area contributed by atoms with E-state index in [1.165, 1.54) is 21.3 Å². The Kier molecular flexibility index (Phi) is 8.00. The van der Waals surface area contributed by atoms with Gasteiger partial charge in [-0.25, -0.2) is 0 Å². The van der Waals surface area contributed by atoms with Crippen LogP contribution in [0.2, 0.25) is 0 Å². The molecule has 0 saturated carbocycles. The minimum Gasteiger partial charge on any atom is -0.496 e. The number of methoxy groups -OCH3 is 4. The molecule has 0 aliphatic carbocycles. The lowest BCUT2D eigenvalue weighted by molar-refractivity contribution is -0.114. The van der Waals surface area contributed by atoms with E-state index in [0.717, 1.165) is 16.9 Å². The third-order valence-corrected chi connectivity index (χ3v) is 6.33. The second-order valence-electron chi connectivity index (χ2n) is 8.72. The van der Waals surface area contributed by atoms with Crippen molar-refractivity contribution in [2.75, 3.05) is 33.9 Å². The highest BCUT2D eigenvalue weighted by Crippen LogP contribution is 2.44. The van der Waals surface area contributed by atoms with Crippen molar-refractivity contribution in [2.24, 2.45) is 10.2 Å². The lowest BCUT2D eigenvalue weighted by Crippen LogP contribution is -2.25. The molecule has 0 spiro atoms. The van der Waals surface area contributed by atoms with Crippen LogP contribution in [-0.2, 0) is 4.79 Å². The molecule has 41 heavy (non-hydrogen) atoms. The molecule has 1 aliphatic rings. The number of hydrogen-bond acceptors (Lipinski definition) is 9. The summed E-state index contributed by atoms with van der Waals surface area (Å²) < 4.78 is 27.9. The first kappa shape index (κ1) is 27.1. The Morgan fingerprint density at radius 3 is 1.98 bits per heavy atom. The predicted octanol–water partition coefficient (Wildman–Crippen LogP) is 6.46. The van der Waals surface area contributed by atoms with E-state index in [1.54, 1.807) is 19.2 Å². The number of carbonyl (C=O) groups is 1. The zero-order valence-electron chi connectivity index (χ0n) is 22.9. The van der Waals surface area contributed by atoms with Crippen molar-refractivity contribution >= 4 is 17.3 Å². The van der Waals surface area contributed by atoms with Gasteiger partial charge in [-0.1, -0.05) is 30.3 Å². The van der Waals surface area contributed by atoms with Crippen molar-refractivity contribution in [1.29, 1.82) is 0 Å². The van der Waals surface area contributed by atoms with Crippen LogP contribution < -0.4 is 34.5 Å². The van der Waals surface area contributed by atoms with Crippen LogP contribution in [-0.4, -0.2) is 34.3 Å². The summed E-state index contributed by atoms with van der Waals surface area (Å²) >= 11 is 0. The highest BCUT2D eigenvalue weighted by Gasteiger charge is 2.28. The van der Waals surface area contributed by atoms with E-state index < -0.39 is 5.91 Å². The molecule has 2 N–H and O–H groups in total. The fourth-order valence-corrected chi connectivity index (χ4v) is 4.36. The van der Waals surface area contributed by atoms with Gasteiger partial charge in [-0.15, -0.1) is 10.2 Å². The molecule has 0 saturated heterocycles. The highest BCUT2D eigenvalue weighted by molar-refractivity contribution is 6.04. The second-order valence-corrected chi connectivity index (χ2v) is 8.72. The molecule has 10 nitrogen and oxygen atoms in total. The number of nitrogens with zero attached hydrogens (tertiary/aromatic N) is 2. The Balaban J connectivity index is 1.40. The molecular formula is C31H28N4O6. The van der Waals surface area contributed by atoms with Crippen LogP contribution in [0.3, 0.4) is 0 Å². The number of hydrazine groups is 1. The summed E-state index contributed by atoms with van der Waals surface area (Å²) in [5.41, 5.74) is 9.45. The normalized spacial score (nSPS) is 12.2. The monoisotopic (exact) mass is 552 g/mol. The van der Waals surface area contributed by atoms with Crippen LogP contribution in [0.25, 0.3) is 16.8 Å². The molecule has 5 rings (SSSR count). The number of ether oxygens (including phenoxy) is 5. The van der Waals surface area contributed by atoms with Gasteiger partial charge in [0, 0.05) is 5.56 Å². The van der Waals surface area contributed by atoms with Crippen LogP contribution in [0.1, 0.15) is 5.56 Å². The van der Waals surface area contributed by atoms with E-state index in [1.807, 2.05) is 72.8 Å². The Morgan fingerprint density at radius 1 is 0.610 bits per heavy atom. The van der Waals surface area contributed by atoms with Crippen molar-refractivity contribution in [2.45, 2.75) is 0 Å². The van der Waals surface area contributed by atoms with Crippen LogP contribution in [0.5, 0.6) is 34.5 Å². The van der Waals surface area contributed by atoms with Crippen molar-refractivity contribution in [1.82, 2.24) is 5.43 Å². The van der Waals surface area contributed by atoms with Gasteiger partial charge in [0.25, 0.3) is 0 Å². The molecule has 0 aromatic heterocycles. The minimum atomic E-state index is -0.535. The van der Waals surface area contributed by atoms with Gasteiger partial charge in [-0.2, -0.15) is 0 Å². The molecule has 4 aromatic carbocycles. The van der Waals surface area contributed by atoms with Crippen LogP contribution >= 0.6 is 0 Å². The summed E-state index contributed by atoms with van der Waals surface area (Å²) in [5, 5.41) is 7.84. The fraction of sp³-hybridized carbons (Fsp3) is 0.129.